The van der Waals surface area contributed by atoms with Crippen LogP contribution in [0.4, 0.5) is 0 Å². The molecule has 0 aliphatic carbocycles. The molecule has 0 bridgehead atoms. The average Bonchev–Trinajstić information content (AvgIpc) is 2.52. The van der Waals surface area contributed by atoms with Gasteiger partial charge in [-0.1, -0.05) is 81.1 Å². The second-order valence-electron chi connectivity index (χ2n) is 11.0. The van der Waals surface area contributed by atoms with Gasteiger partial charge in [0, 0.05) is 10.8 Å². The van der Waals surface area contributed by atoms with Crippen LogP contribution < -0.4 is 70.2 Å². The number of hydrogen-bond acceptors (Lipinski definition) is 4. The molecule has 176 valence electrons. The van der Waals surface area contributed by atoms with Crippen LogP contribution in [0.1, 0.15) is 130 Å². The third kappa shape index (κ3) is 13.0. The van der Waals surface area contributed by atoms with E-state index in [1.165, 1.54) is 0 Å². The molecule has 0 fully saturated rings. The van der Waals surface area contributed by atoms with Crippen molar-refractivity contribution in [3.05, 3.63) is 0 Å². The van der Waals surface area contributed by atoms with Gasteiger partial charge in [0.05, 0.1) is 0 Å². The van der Waals surface area contributed by atoms with Crippen molar-refractivity contribution in [3.8, 4) is 0 Å². The van der Waals surface area contributed by atoms with E-state index < -0.39 is 23.1 Å². The molecule has 0 aliphatic heterocycles. The fraction of sp³-hybridized carbons (Fsp3) is 0.920. The molecule has 0 radical (unpaired) electrons. The maximum atomic E-state index is 12.6. The molecule has 0 amide bonds. The van der Waals surface area contributed by atoms with Gasteiger partial charge in [0.15, 0.2) is 0 Å². The number of carbonyl (C=O) groups is 2. The molecular weight excluding hydrogens is 410 g/mol. The smallest absolute Gasteiger partial charge is 1.00 e. The first-order valence-electron chi connectivity index (χ1n) is 11.6. The van der Waals surface area contributed by atoms with Gasteiger partial charge in [-0.2, -0.15) is 0 Å². The van der Waals surface area contributed by atoms with Crippen molar-refractivity contribution < 1.29 is 92.2 Å². The summed E-state index contributed by atoms with van der Waals surface area (Å²) in [4.78, 5) is 25.2. The SMILES string of the molecule is CCCCCC(C)(OC(=O)CC(=O)OC(C)(CCCCC)C(C)(C)C)C(C)(C)C.[H-].[H-].[K+].[Li+]. The standard InChI is InChI=1S/C25H48O4.K.Li.2H/c1-11-13-15-17-24(9,22(3,4)5)28-20(26)19-21(27)29-25(10,23(6,7)8)18-16-14-12-2;;;;/h11-19H2,1-10H3;;;;/q;2*+1;2*-1. The monoisotopic (exact) mass is 460 g/mol. The van der Waals surface area contributed by atoms with E-state index >= 15 is 0 Å². The summed E-state index contributed by atoms with van der Waals surface area (Å²) in [6.45, 7) is 20.7. The van der Waals surface area contributed by atoms with Crippen LogP contribution in [0.25, 0.3) is 0 Å². The summed E-state index contributed by atoms with van der Waals surface area (Å²) in [5.41, 5.74) is -1.62. The van der Waals surface area contributed by atoms with Crippen LogP contribution in [0.3, 0.4) is 0 Å². The molecular formula is C25H50KLiO4. The van der Waals surface area contributed by atoms with Gasteiger partial charge >= 0.3 is 82.2 Å². The van der Waals surface area contributed by atoms with Crippen molar-refractivity contribution in [2.45, 2.75) is 138 Å². The zero-order valence-corrected chi connectivity index (χ0v) is 26.1. The Morgan fingerprint density at radius 3 is 1.16 bits per heavy atom. The summed E-state index contributed by atoms with van der Waals surface area (Å²) in [7, 11) is 0. The summed E-state index contributed by atoms with van der Waals surface area (Å²) in [6, 6.07) is 0. The van der Waals surface area contributed by atoms with Crippen molar-refractivity contribution in [3.63, 3.8) is 0 Å². The largest absolute Gasteiger partial charge is 1.00 e. The van der Waals surface area contributed by atoms with Gasteiger partial charge in [-0.3, -0.25) is 9.59 Å². The van der Waals surface area contributed by atoms with E-state index in [4.69, 9.17) is 9.47 Å². The maximum absolute atomic E-state index is 12.6. The van der Waals surface area contributed by atoms with E-state index in [0.717, 1.165) is 51.4 Å². The third-order valence-electron chi connectivity index (χ3n) is 6.65. The molecule has 0 saturated carbocycles. The summed E-state index contributed by atoms with van der Waals surface area (Å²) < 4.78 is 11.8. The molecule has 31 heavy (non-hydrogen) atoms. The Balaban J connectivity index is -0.000000653. The number of unbranched alkanes of at least 4 members (excludes halogenated alkanes) is 4. The molecule has 2 atom stereocenters. The fourth-order valence-corrected chi connectivity index (χ4v) is 3.28. The summed E-state index contributed by atoms with van der Waals surface area (Å²) in [5.74, 6) is -0.984. The van der Waals surface area contributed by atoms with Gasteiger partial charge in [0.2, 0.25) is 0 Å². The number of rotatable bonds is 12. The predicted molar refractivity (Wildman–Crippen MR) is 123 cm³/mol. The van der Waals surface area contributed by atoms with Crippen molar-refractivity contribution in [2.24, 2.45) is 10.8 Å². The van der Waals surface area contributed by atoms with E-state index in [0.29, 0.717) is 0 Å². The molecule has 0 aromatic carbocycles. The van der Waals surface area contributed by atoms with Crippen LogP contribution in [0.5, 0.6) is 0 Å². The Morgan fingerprint density at radius 2 is 0.935 bits per heavy atom. The molecule has 6 heteroatoms. The Bertz CT molecular complexity index is 489. The Hall–Kier alpha value is 1.17. The van der Waals surface area contributed by atoms with Crippen molar-refractivity contribution in [2.75, 3.05) is 0 Å². The average molecular weight is 461 g/mol. The Kier molecular flexibility index (Phi) is 18.9. The second kappa shape index (κ2) is 16.0. The molecule has 0 aliphatic rings. The van der Waals surface area contributed by atoms with E-state index in [2.05, 4.69) is 55.4 Å². The van der Waals surface area contributed by atoms with Crippen molar-refractivity contribution in [1.29, 1.82) is 0 Å². The summed E-state index contributed by atoms with van der Waals surface area (Å²) >= 11 is 0. The van der Waals surface area contributed by atoms with Gasteiger partial charge in [-0.05, 0) is 39.5 Å². The Morgan fingerprint density at radius 1 is 0.645 bits per heavy atom. The second-order valence-corrected chi connectivity index (χ2v) is 11.0. The summed E-state index contributed by atoms with van der Waals surface area (Å²) in [5, 5.41) is 0. The van der Waals surface area contributed by atoms with Gasteiger partial charge < -0.3 is 12.3 Å². The van der Waals surface area contributed by atoms with Crippen LogP contribution >= 0.6 is 0 Å². The topological polar surface area (TPSA) is 52.6 Å². The normalized spacial score (nSPS) is 15.5. The van der Waals surface area contributed by atoms with E-state index in [-0.39, 0.29) is 90.3 Å². The van der Waals surface area contributed by atoms with Crippen LogP contribution in [0.15, 0.2) is 0 Å². The van der Waals surface area contributed by atoms with Gasteiger partial charge in [0.25, 0.3) is 0 Å². The molecule has 0 aromatic rings. The van der Waals surface area contributed by atoms with Crippen LogP contribution in [0, 0.1) is 10.8 Å². The number of carbonyl (C=O) groups excluding carboxylic acids is 2. The molecule has 0 N–H and O–H groups in total. The first-order chi connectivity index (χ1) is 13.1. The molecule has 0 rings (SSSR count). The fourth-order valence-electron chi connectivity index (χ4n) is 3.28. The minimum absolute atomic E-state index is 0. The molecule has 0 heterocycles. The zero-order chi connectivity index (χ0) is 22.9. The third-order valence-corrected chi connectivity index (χ3v) is 6.65. The van der Waals surface area contributed by atoms with Crippen LogP contribution in [-0.2, 0) is 19.1 Å². The molecule has 4 nitrogen and oxygen atoms in total. The van der Waals surface area contributed by atoms with Gasteiger partial charge in [0.1, 0.15) is 17.6 Å². The molecule has 0 spiro atoms. The van der Waals surface area contributed by atoms with Crippen molar-refractivity contribution >= 4 is 11.9 Å². The predicted octanol–water partition coefficient (Wildman–Crippen LogP) is 1.47. The number of ether oxygens (including phenoxy) is 2. The maximum Gasteiger partial charge on any atom is 1.00 e. The molecule has 0 saturated heterocycles. The first kappa shape index (κ1) is 36.7. The van der Waals surface area contributed by atoms with Crippen LogP contribution in [-0.4, -0.2) is 23.1 Å². The van der Waals surface area contributed by atoms with E-state index in [1.54, 1.807) is 0 Å². The van der Waals surface area contributed by atoms with Crippen LogP contribution in [0.2, 0.25) is 0 Å². The molecule has 0 aromatic heterocycles. The van der Waals surface area contributed by atoms with Gasteiger partial charge in [-0.25, -0.2) is 0 Å². The minimum atomic E-state index is -0.603. The molecule has 2 unspecified atom stereocenters. The summed E-state index contributed by atoms with van der Waals surface area (Å²) in [6.07, 6.45) is 7.69. The first-order valence-corrected chi connectivity index (χ1v) is 11.6. The van der Waals surface area contributed by atoms with Crippen molar-refractivity contribution in [1.82, 2.24) is 0 Å². The minimum Gasteiger partial charge on any atom is -1.00 e. The zero-order valence-electron chi connectivity index (χ0n) is 25.0. The number of hydrogen-bond donors (Lipinski definition) is 0. The van der Waals surface area contributed by atoms with E-state index in [1.807, 2.05) is 13.8 Å². The number of esters is 2. The Labute approximate surface area is 250 Å². The quantitative estimate of drug-likeness (QED) is 0.192. The van der Waals surface area contributed by atoms with E-state index in [9.17, 15) is 9.59 Å². The van der Waals surface area contributed by atoms with Gasteiger partial charge in [-0.15, -0.1) is 0 Å².